The van der Waals surface area contributed by atoms with E-state index in [1.165, 1.54) is 6.21 Å². The Hall–Kier alpha value is -3.10. The van der Waals surface area contributed by atoms with Crippen LogP contribution >= 0.6 is 0 Å². The van der Waals surface area contributed by atoms with Gasteiger partial charge in [0.25, 0.3) is 5.69 Å². The SMILES string of the molecule is CC[C@H](C)Oc1ccc(/C=N\Nc2ccc(C(F)(F)F)cc2[N+](=O)[O-])cc1. The van der Waals surface area contributed by atoms with Crippen molar-refractivity contribution in [1.82, 2.24) is 0 Å². The highest BCUT2D eigenvalue weighted by Crippen LogP contribution is 2.34. The van der Waals surface area contributed by atoms with Gasteiger partial charge in [-0.3, -0.25) is 15.5 Å². The first-order chi connectivity index (χ1) is 12.7. The largest absolute Gasteiger partial charge is 0.491 e. The zero-order valence-corrected chi connectivity index (χ0v) is 14.7. The molecule has 0 aliphatic carbocycles. The molecule has 0 amide bonds. The van der Waals surface area contributed by atoms with Crippen LogP contribution in [0.5, 0.6) is 5.75 Å². The zero-order chi connectivity index (χ0) is 20.0. The van der Waals surface area contributed by atoms with Crippen molar-refractivity contribution in [2.45, 2.75) is 32.5 Å². The normalized spacial score (nSPS) is 12.8. The molecule has 0 unspecified atom stereocenters. The highest BCUT2D eigenvalue weighted by molar-refractivity contribution is 5.80. The van der Waals surface area contributed by atoms with Crippen molar-refractivity contribution in [3.05, 3.63) is 63.7 Å². The molecule has 144 valence electrons. The Labute approximate surface area is 153 Å². The van der Waals surface area contributed by atoms with E-state index in [1.54, 1.807) is 24.3 Å². The van der Waals surface area contributed by atoms with Crippen LogP contribution in [0.2, 0.25) is 0 Å². The van der Waals surface area contributed by atoms with E-state index in [9.17, 15) is 23.3 Å². The standard InChI is InChI=1S/C18H18F3N3O3/c1-3-12(2)27-15-7-4-13(5-8-15)11-22-23-16-9-6-14(18(19,20)21)10-17(16)24(25)26/h4-12,23H,3H2,1-2H3/b22-11-/t12-/m0/s1. The molecule has 0 saturated carbocycles. The summed E-state index contributed by atoms with van der Waals surface area (Å²) in [4.78, 5) is 10.1. The van der Waals surface area contributed by atoms with Gasteiger partial charge in [0.05, 0.1) is 22.8 Å². The summed E-state index contributed by atoms with van der Waals surface area (Å²) >= 11 is 0. The predicted octanol–water partition coefficient (Wildman–Crippen LogP) is 5.24. The van der Waals surface area contributed by atoms with E-state index in [1.807, 2.05) is 13.8 Å². The second-order valence-corrected chi connectivity index (χ2v) is 5.76. The predicted molar refractivity (Wildman–Crippen MR) is 96.1 cm³/mol. The van der Waals surface area contributed by atoms with Crippen LogP contribution in [0.15, 0.2) is 47.6 Å². The molecule has 6 nitrogen and oxygen atoms in total. The number of rotatable bonds is 7. The Morgan fingerprint density at radius 1 is 1.26 bits per heavy atom. The van der Waals surface area contributed by atoms with Crippen LogP contribution in [0, 0.1) is 10.1 Å². The highest BCUT2D eigenvalue weighted by atomic mass is 19.4. The Kier molecular flexibility index (Phi) is 6.38. The smallest absolute Gasteiger partial charge is 0.416 e. The van der Waals surface area contributed by atoms with Crippen LogP contribution in [0.4, 0.5) is 24.5 Å². The third-order valence-corrected chi connectivity index (χ3v) is 3.71. The van der Waals surface area contributed by atoms with Crippen LogP contribution in [-0.2, 0) is 6.18 Å². The fraction of sp³-hybridized carbons (Fsp3) is 0.278. The first-order valence-corrected chi connectivity index (χ1v) is 8.12. The van der Waals surface area contributed by atoms with Gasteiger partial charge in [-0.1, -0.05) is 6.92 Å². The zero-order valence-electron chi connectivity index (χ0n) is 14.7. The van der Waals surface area contributed by atoms with Crippen LogP contribution < -0.4 is 10.2 Å². The molecule has 27 heavy (non-hydrogen) atoms. The average molecular weight is 381 g/mol. The average Bonchev–Trinajstić information content (AvgIpc) is 2.62. The molecule has 2 rings (SSSR count). The number of hydrogen-bond donors (Lipinski definition) is 1. The number of hydrogen-bond acceptors (Lipinski definition) is 5. The van der Waals surface area contributed by atoms with Gasteiger partial charge in [0, 0.05) is 6.07 Å². The maximum Gasteiger partial charge on any atom is 0.416 e. The van der Waals surface area contributed by atoms with Crippen LogP contribution in [0.1, 0.15) is 31.4 Å². The van der Waals surface area contributed by atoms with Gasteiger partial charge in [-0.2, -0.15) is 18.3 Å². The van der Waals surface area contributed by atoms with Crippen molar-refractivity contribution in [1.29, 1.82) is 0 Å². The maximum absolute atomic E-state index is 12.7. The Morgan fingerprint density at radius 3 is 2.48 bits per heavy atom. The van der Waals surface area contributed by atoms with E-state index in [0.717, 1.165) is 18.6 Å². The topological polar surface area (TPSA) is 76.8 Å². The molecule has 0 aliphatic rings. The minimum absolute atomic E-state index is 0.0893. The lowest BCUT2D eigenvalue weighted by Crippen LogP contribution is -2.09. The van der Waals surface area contributed by atoms with Gasteiger partial charge in [0.2, 0.25) is 0 Å². The molecular weight excluding hydrogens is 363 g/mol. The van der Waals surface area contributed by atoms with Crippen molar-refractivity contribution in [2.24, 2.45) is 5.10 Å². The minimum Gasteiger partial charge on any atom is -0.491 e. The summed E-state index contributed by atoms with van der Waals surface area (Å²) in [5.41, 5.74) is 1.15. The van der Waals surface area contributed by atoms with Gasteiger partial charge in [0.1, 0.15) is 11.4 Å². The monoisotopic (exact) mass is 381 g/mol. The Morgan fingerprint density at radius 2 is 1.93 bits per heavy atom. The summed E-state index contributed by atoms with van der Waals surface area (Å²) in [7, 11) is 0. The van der Waals surface area contributed by atoms with Gasteiger partial charge in [-0.15, -0.1) is 0 Å². The van der Waals surface area contributed by atoms with E-state index >= 15 is 0 Å². The molecular formula is C18H18F3N3O3. The highest BCUT2D eigenvalue weighted by Gasteiger charge is 2.33. The van der Waals surface area contributed by atoms with Gasteiger partial charge in [-0.05, 0) is 55.3 Å². The third kappa shape index (κ3) is 5.70. The molecule has 2 aromatic rings. The molecule has 9 heteroatoms. The van der Waals surface area contributed by atoms with Gasteiger partial charge < -0.3 is 4.74 Å². The van der Waals surface area contributed by atoms with Crippen molar-refractivity contribution < 1.29 is 22.8 Å². The van der Waals surface area contributed by atoms with Gasteiger partial charge in [0.15, 0.2) is 0 Å². The lowest BCUT2D eigenvalue weighted by molar-refractivity contribution is -0.384. The molecule has 0 aliphatic heterocycles. The number of ether oxygens (including phenoxy) is 1. The summed E-state index contributed by atoms with van der Waals surface area (Å²) in [6.45, 7) is 3.97. The molecule has 0 spiro atoms. The summed E-state index contributed by atoms with van der Waals surface area (Å²) < 4.78 is 43.7. The van der Waals surface area contributed by atoms with Crippen molar-refractivity contribution in [3.8, 4) is 5.75 Å². The maximum atomic E-state index is 12.7. The minimum atomic E-state index is -4.66. The van der Waals surface area contributed by atoms with Gasteiger partial charge in [-0.25, -0.2) is 0 Å². The first kappa shape index (κ1) is 20.2. The Balaban J connectivity index is 2.10. The second kappa shape index (κ2) is 8.52. The van der Waals surface area contributed by atoms with Crippen molar-refractivity contribution in [2.75, 3.05) is 5.43 Å². The summed E-state index contributed by atoms with van der Waals surface area (Å²) in [5.74, 6) is 0.702. The van der Waals surface area contributed by atoms with E-state index in [4.69, 9.17) is 4.74 Å². The van der Waals surface area contributed by atoms with E-state index in [2.05, 4.69) is 10.5 Å². The van der Waals surface area contributed by atoms with Crippen LogP contribution in [0.3, 0.4) is 0 Å². The number of benzene rings is 2. The molecule has 0 radical (unpaired) electrons. The number of nitrogens with one attached hydrogen (secondary N) is 1. The number of anilines is 1. The summed E-state index contributed by atoms with van der Waals surface area (Å²) in [6, 6.07) is 9.20. The van der Waals surface area contributed by atoms with Crippen molar-refractivity contribution in [3.63, 3.8) is 0 Å². The molecule has 0 fully saturated rings. The fourth-order valence-corrected chi connectivity index (χ4v) is 2.08. The number of nitro groups is 1. The van der Waals surface area contributed by atoms with E-state index in [-0.39, 0.29) is 11.8 Å². The summed E-state index contributed by atoms with van der Waals surface area (Å²) in [5, 5.41) is 14.9. The molecule has 0 bridgehead atoms. The second-order valence-electron chi connectivity index (χ2n) is 5.76. The van der Waals surface area contributed by atoms with Crippen LogP contribution in [-0.4, -0.2) is 17.2 Å². The quantitative estimate of drug-likeness (QED) is 0.404. The number of alkyl halides is 3. The van der Waals surface area contributed by atoms with E-state index in [0.29, 0.717) is 17.4 Å². The molecule has 0 aromatic heterocycles. The number of halogens is 3. The molecule has 0 saturated heterocycles. The molecule has 2 aromatic carbocycles. The fourth-order valence-electron chi connectivity index (χ4n) is 2.08. The molecule has 1 N–H and O–H groups in total. The van der Waals surface area contributed by atoms with Gasteiger partial charge >= 0.3 is 6.18 Å². The third-order valence-electron chi connectivity index (χ3n) is 3.71. The lowest BCUT2D eigenvalue weighted by Gasteiger charge is -2.12. The number of hydrazone groups is 1. The van der Waals surface area contributed by atoms with E-state index < -0.39 is 22.4 Å². The molecule has 1 atom stereocenters. The lowest BCUT2D eigenvalue weighted by atomic mass is 10.1. The first-order valence-electron chi connectivity index (χ1n) is 8.12. The summed E-state index contributed by atoms with van der Waals surface area (Å²) in [6.07, 6.45) is -2.30. The number of nitro benzene ring substituents is 1. The van der Waals surface area contributed by atoms with Crippen LogP contribution in [0.25, 0.3) is 0 Å². The van der Waals surface area contributed by atoms with Crippen molar-refractivity contribution >= 4 is 17.6 Å². The molecule has 0 heterocycles. The number of nitrogens with zero attached hydrogens (tertiary/aromatic N) is 2. The Bertz CT molecular complexity index is 821.